The summed E-state index contributed by atoms with van der Waals surface area (Å²) in [5.41, 5.74) is 4.27. The molecular formula is C33H51N7O5. The number of carboxylic acids is 1. The highest BCUT2D eigenvalue weighted by Gasteiger charge is 2.28. The van der Waals surface area contributed by atoms with Crippen LogP contribution in [0.4, 0.5) is 11.5 Å². The summed E-state index contributed by atoms with van der Waals surface area (Å²) in [4.78, 5) is 28.1. The summed E-state index contributed by atoms with van der Waals surface area (Å²) in [6.45, 7) is 23.8. The number of hydrogen-bond acceptors (Lipinski definition) is 9. The number of nitrogens with zero attached hydrogens (tertiary/aromatic N) is 6. The molecule has 1 aliphatic heterocycles. The fraction of sp³-hybridized carbons (Fsp3) is 0.606. The van der Waals surface area contributed by atoms with Gasteiger partial charge in [0.1, 0.15) is 12.3 Å². The van der Waals surface area contributed by atoms with Crippen LogP contribution in [0.1, 0.15) is 82.4 Å². The number of carbonyl (C=O) groups excluding carboxylic acids is 1. The predicted molar refractivity (Wildman–Crippen MR) is 176 cm³/mol. The number of morpholine rings is 1. The first kappa shape index (κ1) is 35.5. The standard InChI is InChI=1S/C28H41N7O3.C5H10O2/c1-9-32(10-2)25-18(3)19(4)26-30-34(27(29)35(26)31-25)17-23(36)20-15-21(28(5,6)7)24(37-8)22(16-20)33-11-13-38-14-12-33;1-5(2,3)4(6)7/h15-16,29H,9-14,17H2,1-8H3;1-3H3,(H,6,7). The summed E-state index contributed by atoms with van der Waals surface area (Å²) in [6.07, 6.45) is 0. The molecule has 3 heterocycles. The minimum atomic E-state index is -0.757. The number of ether oxygens (including phenoxy) is 2. The number of benzene rings is 1. The monoisotopic (exact) mass is 625 g/mol. The number of Topliss-reactive ketones (excluding diaryl/α,β-unsaturated/α-hetero) is 1. The molecule has 1 aliphatic rings. The Morgan fingerprint density at radius 2 is 1.60 bits per heavy atom. The van der Waals surface area contributed by atoms with Gasteiger partial charge in [0.2, 0.25) is 5.62 Å². The molecule has 0 aliphatic carbocycles. The van der Waals surface area contributed by atoms with Crippen molar-refractivity contribution in [2.75, 3.05) is 56.3 Å². The van der Waals surface area contributed by atoms with Crippen LogP contribution < -0.4 is 20.2 Å². The van der Waals surface area contributed by atoms with Crippen LogP contribution in [0.3, 0.4) is 0 Å². The Labute approximate surface area is 266 Å². The molecule has 12 heteroatoms. The smallest absolute Gasteiger partial charge is 0.308 e. The second-order valence-corrected chi connectivity index (χ2v) is 13.4. The third-order valence-corrected chi connectivity index (χ3v) is 8.04. The summed E-state index contributed by atoms with van der Waals surface area (Å²) in [7, 11) is 1.68. The quantitative estimate of drug-likeness (QED) is 0.344. The average molecular weight is 626 g/mol. The Morgan fingerprint density at radius 1 is 1.02 bits per heavy atom. The number of carboxylic acid groups (broad SMARTS) is 1. The number of hydrogen-bond donors (Lipinski definition) is 2. The molecule has 0 atom stereocenters. The molecule has 248 valence electrons. The van der Waals surface area contributed by atoms with Crippen LogP contribution in [0.15, 0.2) is 12.1 Å². The van der Waals surface area contributed by atoms with Gasteiger partial charge in [-0.25, -0.2) is 4.68 Å². The molecule has 2 N–H and O–H groups in total. The van der Waals surface area contributed by atoms with E-state index in [2.05, 4.69) is 49.5 Å². The molecule has 1 saturated heterocycles. The Kier molecular flexibility index (Phi) is 11.1. The van der Waals surface area contributed by atoms with Gasteiger partial charge in [-0.3, -0.25) is 15.0 Å². The number of rotatable bonds is 8. The van der Waals surface area contributed by atoms with E-state index < -0.39 is 11.4 Å². The second kappa shape index (κ2) is 14.0. The van der Waals surface area contributed by atoms with Gasteiger partial charge >= 0.3 is 5.97 Å². The van der Waals surface area contributed by atoms with Crippen LogP contribution in [-0.4, -0.2) is 82.8 Å². The van der Waals surface area contributed by atoms with Crippen molar-refractivity contribution in [2.24, 2.45) is 5.41 Å². The molecule has 12 nitrogen and oxygen atoms in total. The lowest BCUT2D eigenvalue weighted by Gasteiger charge is -2.33. The summed E-state index contributed by atoms with van der Waals surface area (Å²) >= 11 is 0. The molecule has 0 radical (unpaired) electrons. The summed E-state index contributed by atoms with van der Waals surface area (Å²) in [5, 5.41) is 26.4. The van der Waals surface area contributed by atoms with E-state index in [9.17, 15) is 9.59 Å². The van der Waals surface area contributed by atoms with Crippen LogP contribution in [0.25, 0.3) is 5.65 Å². The number of aliphatic carboxylic acids is 1. The second-order valence-electron chi connectivity index (χ2n) is 13.4. The van der Waals surface area contributed by atoms with Crippen LogP contribution in [0.5, 0.6) is 5.75 Å². The lowest BCUT2D eigenvalue weighted by molar-refractivity contribution is -0.145. The van der Waals surface area contributed by atoms with Crippen LogP contribution in [0, 0.1) is 24.7 Å². The van der Waals surface area contributed by atoms with Crippen molar-refractivity contribution in [1.82, 2.24) is 19.4 Å². The molecular weight excluding hydrogens is 574 g/mol. The largest absolute Gasteiger partial charge is 0.494 e. The van der Waals surface area contributed by atoms with E-state index in [1.165, 1.54) is 9.20 Å². The lowest BCUT2D eigenvalue weighted by atomic mass is 9.84. The Bertz CT molecular complexity index is 1580. The number of fused-ring (bicyclic) bond motifs is 1. The Balaban J connectivity index is 0.000000707. The van der Waals surface area contributed by atoms with Gasteiger partial charge in [-0.1, -0.05) is 20.8 Å². The van der Waals surface area contributed by atoms with E-state index in [1.54, 1.807) is 27.9 Å². The molecule has 0 bridgehead atoms. The lowest BCUT2D eigenvalue weighted by Crippen LogP contribution is -2.37. The van der Waals surface area contributed by atoms with Gasteiger partial charge in [0.15, 0.2) is 17.2 Å². The predicted octanol–water partition coefficient (Wildman–Crippen LogP) is 4.62. The van der Waals surface area contributed by atoms with Crippen molar-refractivity contribution in [3.05, 3.63) is 40.0 Å². The molecule has 1 aromatic carbocycles. The van der Waals surface area contributed by atoms with Crippen molar-refractivity contribution in [1.29, 1.82) is 5.41 Å². The highest BCUT2D eigenvalue weighted by atomic mass is 16.5. The number of methoxy groups -OCH3 is 1. The molecule has 45 heavy (non-hydrogen) atoms. The molecule has 0 amide bonds. The molecule has 0 unspecified atom stereocenters. The van der Waals surface area contributed by atoms with Crippen molar-refractivity contribution < 1.29 is 24.2 Å². The van der Waals surface area contributed by atoms with Gasteiger partial charge < -0.3 is 24.4 Å². The first-order chi connectivity index (χ1) is 21.0. The summed E-state index contributed by atoms with van der Waals surface area (Å²) in [5.74, 6) is 0.752. The van der Waals surface area contributed by atoms with E-state index in [0.29, 0.717) is 24.4 Å². The van der Waals surface area contributed by atoms with Crippen molar-refractivity contribution in [3.63, 3.8) is 0 Å². The summed E-state index contributed by atoms with van der Waals surface area (Å²) < 4.78 is 14.4. The topological polar surface area (TPSA) is 138 Å². The first-order valence-electron chi connectivity index (χ1n) is 15.5. The number of nitrogens with one attached hydrogen (secondary N) is 1. The molecule has 0 spiro atoms. The van der Waals surface area contributed by atoms with Gasteiger partial charge in [0.05, 0.1) is 31.4 Å². The van der Waals surface area contributed by atoms with Gasteiger partial charge in [0, 0.05) is 48.4 Å². The minimum Gasteiger partial charge on any atom is -0.494 e. The van der Waals surface area contributed by atoms with Crippen LogP contribution in [-0.2, 0) is 21.5 Å². The molecule has 0 saturated carbocycles. The molecule has 3 aromatic rings. The van der Waals surface area contributed by atoms with E-state index in [-0.39, 0.29) is 23.4 Å². The number of carbonyl (C=O) groups is 2. The third-order valence-electron chi connectivity index (χ3n) is 8.04. The maximum absolute atomic E-state index is 13.7. The van der Waals surface area contributed by atoms with Crippen LogP contribution in [0.2, 0.25) is 0 Å². The highest BCUT2D eigenvalue weighted by Crippen LogP contribution is 2.40. The Morgan fingerprint density at radius 3 is 2.09 bits per heavy atom. The first-order valence-corrected chi connectivity index (χ1v) is 15.5. The van der Waals surface area contributed by atoms with E-state index >= 15 is 0 Å². The summed E-state index contributed by atoms with van der Waals surface area (Å²) in [6, 6.07) is 3.84. The molecule has 4 rings (SSSR count). The SMILES string of the molecule is CC(C)(C)C(=O)O.CCN(CC)c1nn2c(=N)n(CC(=O)c3cc(N4CCOCC4)c(OC)c(C(C)(C)C)c3)nc2c(C)c1C. The number of aromatic nitrogens is 4. The van der Waals surface area contributed by atoms with E-state index in [4.69, 9.17) is 25.1 Å². The van der Waals surface area contributed by atoms with Gasteiger partial charge in [-0.05, 0) is 66.0 Å². The average Bonchev–Trinajstić information content (AvgIpc) is 3.29. The maximum atomic E-state index is 13.7. The highest BCUT2D eigenvalue weighted by molar-refractivity contribution is 5.98. The van der Waals surface area contributed by atoms with E-state index in [1.807, 2.05) is 26.0 Å². The van der Waals surface area contributed by atoms with Crippen molar-refractivity contribution in [2.45, 2.75) is 81.2 Å². The minimum absolute atomic E-state index is 0.0558. The van der Waals surface area contributed by atoms with Crippen molar-refractivity contribution in [3.8, 4) is 5.75 Å². The fourth-order valence-electron chi connectivity index (χ4n) is 4.99. The molecule has 2 aromatic heterocycles. The van der Waals surface area contributed by atoms with E-state index in [0.717, 1.165) is 60.1 Å². The number of anilines is 2. The zero-order chi connectivity index (χ0) is 33.9. The third kappa shape index (κ3) is 7.84. The van der Waals surface area contributed by atoms with Crippen LogP contribution >= 0.6 is 0 Å². The number of ketones is 1. The van der Waals surface area contributed by atoms with Crippen molar-refractivity contribution >= 4 is 28.9 Å². The zero-order valence-electron chi connectivity index (χ0n) is 28.9. The number of aryl methyl sites for hydroxylation is 1. The Hall–Kier alpha value is -3.93. The maximum Gasteiger partial charge on any atom is 0.308 e. The zero-order valence-corrected chi connectivity index (χ0v) is 28.9. The fourth-order valence-corrected chi connectivity index (χ4v) is 4.99. The van der Waals surface area contributed by atoms with Gasteiger partial charge in [-0.2, -0.15) is 4.52 Å². The molecule has 1 fully saturated rings. The van der Waals surface area contributed by atoms with Gasteiger partial charge in [-0.15, -0.1) is 10.2 Å². The normalized spacial score (nSPS) is 13.8. The van der Waals surface area contributed by atoms with Gasteiger partial charge in [0.25, 0.3) is 0 Å².